The Labute approximate surface area is 259 Å². The van der Waals surface area contributed by atoms with Crippen LogP contribution in [0.1, 0.15) is 21.5 Å². The van der Waals surface area contributed by atoms with Crippen LogP contribution < -0.4 is 25.4 Å². The molecule has 3 N–H and O–H groups in total. The smallest absolute Gasteiger partial charge is 0.272 e. The predicted octanol–water partition coefficient (Wildman–Crippen LogP) is 6.81. The zero-order chi connectivity index (χ0) is 30.8. The van der Waals surface area contributed by atoms with E-state index in [1.807, 2.05) is 19.1 Å². The minimum absolute atomic E-state index is 0.00500. The maximum Gasteiger partial charge on any atom is 0.272 e. The van der Waals surface area contributed by atoms with E-state index >= 15 is 0 Å². The van der Waals surface area contributed by atoms with Gasteiger partial charge in [0.05, 0.1) is 20.0 Å². The number of methoxy groups -OCH3 is 2. The number of thioether (sulfide) groups is 1. The Kier molecular flexibility index (Phi) is 10.9. The Morgan fingerprint density at radius 3 is 2.33 bits per heavy atom. The summed E-state index contributed by atoms with van der Waals surface area (Å²) in [4.78, 5) is 39.8. The van der Waals surface area contributed by atoms with Crippen LogP contribution in [0.5, 0.6) is 11.5 Å². The van der Waals surface area contributed by atoms with Crippen LogP contribution in [-0.2, 0) is 9.59 Å². The predicted molar refractivity (Wildman–Crippen MR) is 172 cm³/mol. The Balaban J connectivity index is 1.51. The molecule has 0 unspecified atom stereocenters. The molecule has 0 aliphatic rings. The van der Waals surface area contributed by atoms with Crippen LogP contribution in [-0.4, -0.2) is 37.7 Å². The molecule has 43 heavy (non-hydrogen) atoms. The van der Waals surface area contributed by atoms with Gasteiger partial charge < -0.3 is 25.4 Å². The first-order valence-electron chi connectivity index (χ1n) is 13.2. The molecule has 0 aromatic heterocycles. The number of nitrogens with one attached hydrogen (secondary N) is 3. The standard InChI is InChI=1S/C33H30ClN3O5S/c1-21-12-13-25(19-28(21)34)35-31(38)20-43-27-11-7-10-24(18-27)36-33(40)29(37-32(39)22-8-5-4-6-9-22)17-23-16-26(41-2)14-15-30(23)42-3/h4-19H,20H2,1-3H3,(H,35,38)(H,36,40)(H,37,39)/b29-17+. The van der Waals surface area contributed by atoms with Crippen LogP contribution in [0.2, 0.25) is 5.02 Å². The van der Waals surface area contributed by atoms with Crippen molar-refractivity contribution < 1.29 is 23.9 Å². The normalized spacial score (nSPS) is 10.9. The molecule has 0 atom stereocenters. The van der Waals surface area contributed by atoms with E-state index in [9.17, 15) is 14.4 Å². The molecule has 0 saturated carbocycles. The summed E-state index contributed by atoms with van der Waals surface area (Å²) in [5, 5.41) is 8.97. The molecule has 4 rings (SSSR count). The number of amides is 3. The van der Waals surface area contributed by atoms with Crippen molar-refractivity contribution >= 4 is 58.5 Å². The Morgan fingerprint density at radius 2 is 1.60 bits per heavy atom. The van der Waals surface area contributed by atoms with Gasteiger partial charge in [-0.25, -0.2) is 0 Å². The van der Waals surface area contributed by atoms with Crippen molar-refractivity contribution in [3.05, 3.63) is 118 Å². The summed E-state index contributed by atoms with van der Waals surface area (Å²) >= 11 is 7.47. The summed E-state index contributed by atoms with van der Waals surface area (Å²) in [6.45, 7) is 1.89. The number of anilines is 2. The average molecular weight is 616 g/mol. The zero-order valence-corrected chi connectivity index (χ0v) is 25.3. The molecular weight excluding hydrogens is 586 g/mol. The first-order chi connectivity index (χ1) is 20.7. The maximum absolute atomic E-state index is 13.5. The summed E-state index contributed by atoms with van der Waals surface area (Å²) in [5.41, 5.74) is 2.95. The lowest BCUT2D eigenvalue weighted by atomic mass is 10.1. The topological polar surface area (TPSA) is 106 Å². The van der Waals surface area contributed by atoms with Gasteiger partial charge in [0, 0.05) is 32.4 Å². The van der Waals surface area contributed by atoms with Crippen LogP contribution in [0.25, 0.3) is 6.08 Å². The molecule has 10 heteroatoms. The summed E-state index contributed by atoms with van der Waals surface area (Å²) in [7, 11) is 3.05. The molecule has 0 aliphatic carbocycles. The van der Waals surface area contributed by atoms with Gasteiger partial charge in [0.2, 0.25) is 5.91 Å². The minimum Gasteiger partial charge on any atom is -0.497 e. The number of aryl methyl sites for hydroxylation is 1. The van der Waals surface area contributed by atoms with Gasteiger partial charge in [0.1, 0.15) is 17.2 Å². The molecule has 0 bridgehead atoms. The highest BCUT2D eigenvalue weighted by Crippen LogP contribution is 2.27. The van der Waals surface area contributed by atoms with E-state index in [1.54, 1.807) is 78.9 Å². The van der Waals surface area contributed by atoms with Gasteiger partial charge in [-0.2, -0.15) is 0 Å². The highest BCUT2D eigenvalue weighted by Gasteiger charge is 2.17. The van der Waals surface area contributed by atoms with Crippen molar-refractivity contribution in [3.63, 3.8) is 0 Å². The second-order valence-electron chi connectivity index (χ2n) is 9.27. The molecule has 0 aliphatic heterocycles. The van der Waals surface area contributed by atoms with E-state index in [2.05, 4.69) is 16.0 Å². The third-order valence-corrected chi connectivity index (χ3v) is 7.58. The first kappa shape index (κ1) is 31.2. The first-order valence-corrected chi connectivity index (χ1v) is 14.5. The number of rotatable bonds is 11. The lowest BCUT2D eigenvalue weighted by molar-refractivity contribution is -0.114. The van der Waals surface area contributed by atoms with Gasteiger partial charge >= 0.3 is 0 Å². The highest BCUT2D eigenvalue weighted by molar-refractivity contribution is 8.00. The minimum atomic E-state index is -0.551. The molecule has 220 valence electrons. The zero-order valence-electron chi connectivity index (χ0n) is 23.8. The second-order valence-corrected chi connectivity index (χ2v) is 10.7. The van der Waals surface area contributed by atoms with E-state index in [4.69, 9.17) is 21.1 Å². The molecule has 0 saturated heterocycles. The Hall–Kier alpha value is -4.73. The van der Waals surface area contributed by atoms with E-state index in [0.717, 1.165) is 10.5 Å². The van der Waals surface area contributed by atoms with Crippen molar-refractivity contribution in [2.45, 2.75) is 11.8 Å². The van der Waals surface area contributed by atoms with Crippen molar-refractivity contribution in [3.8, 4) is 11.5 Å². The molecule has 3 amide bonds. The molecule has 0 radical (unpaired) electrons. The van der Waals surface area contributed by atoms with E-state index in [-0.39, 0.29) is 17.4 Å². The quantitative estimate of drug-likeness (QED) is 0.126. The molecule has 0 fully saturated rings. The monoisotopic (exact) mass is 615 g/mol. The van der Waals surface area contributed by atoms with E-state index in [0.29, 0.717) is 39.0 Å². The number of carbonyl (C=O) groups is 3. The lowest BCUT2D eigenvalue weighted by Crippen LogP contribution is -2.30. The number of halogens is 1. The Morgan fingerprint density at radius 1 is 0.837 bits per heavy atom. The van der Waals surface area contributed by atoms with Gasteiger partial charge in [-0.1, -0.05) is 41.9 Å². The van der Waals surface area contributed by atoms with Gasteiger partial charge in [-0.3, -0.25) is 14.4 Å². The number of hydrogen-bond acceptors (Lipinski definition) is 6. The fourth-order valence-corrected chi connectivity index (χ4v) is 4.86. The molecule has 4 aromatic carbocycles. The van der Waals surface area contributed by atoms with Gasteiger partial charge in [-0.15, -0.1) is 11.8 Å². The summed E-state index contributed by atoms with van der Waals surface area (Å²) in [6.07, 6.45) is 1.53. The van der Waals surface area contributed by atoms with Crippen LogP contribution in [0.15, 0.2) is 102 Å². The van der Waals surface area contributed by atoms with Crippen molar-refractivity contribution in [1.29, 1.82) is 0 Å². The molecule has 8 nitrogen and oxygen atoms in total. The molecular formula is C33H30ClN3O5S. The van der Waals surface area contributed by atoms with Gasteiger partial charge in [-0.05, 0) is 79.2 Å². The van der Waals surface area contributed by atoms with Crippen LogP contribution >= 0.6 is 23.4 Å². The second kappa shape index (κ2) is 14.9. The van der Waals surface area contributed by atoms with Gasteiger partial charge in [0.15, 0.2) is 0 Å². The lowest BCUT2D eigenvalue weighted by Gasteiger charge is -2.14. The third-order valence-electron chi connectivity index (χ3n) is 6.18. The Bertz CT molecular complexity index is 1660. The van der Waals surface area contributed by atoms with Crippen LogP contribution in [0.4, 0.5) is 11.4 Å². The summed E-state index contributed by atoms with van der Waals surface area (Å²) in [5.74, 6) is 0.00134. The number of ether oxygens (including phenoxy) is 2. The number of hydrogen-bond donors (Lipinski definition) is 3. The van der Waals surface area contributed by atoms with Crippen molar-refractivity contribution in [2.75, 3.05) is 30.6 Å². The molecule has 0 spiro atoms. The average Bonchev–Trinajstić information content (AvgIpc) is 3.02. The van der Waals surface area contributed by atoms with Gasteiger partial charge in [0.25, 0.3) is 11.8 Å². The van der Waals surface area contributed by atoms with E-state index < -0.39 is 11.8 Å². The molecule has 4 aromatic rings. The number of benzene rings is 4. The highest BCUT2D eigenvalue weighted by atomic mass is 35.5. The largest absolute Gasteiger partial charge is 0.497 e. The SMILES string of the molecule is COc1ccc(OC)c(/C=C(/NC(=O)c2ccccc2)C(=O)Nc2cccc(SCC(=O)Nc3ccc(C)c(Cl)c3)c2)c1. The number of carbonyl (C=O) groups excluding carboxylic acids is 3. The third kappa shape index (κ3) is 8.88. The van der Waals surface area contributed by atoms with Crippen LogP contribution in [0.3, 0.4) is 0 Å². The van der Waals surface area contributed by atoms with Crippen LogP contribution in [0, 0.1) is 6.92 Å². The summed E-state index contributed by atoms with van der Waals surface area (Å²) < 4.78 is 10.8. The molecule has 0 heterocycles. The van der Waals surface area contributed by atoms with Crippen molar-refractivity contribution in [1.82, 2.24) is 5.32 Å². The maximum atomic E-state index is 13.5. The fourth-order valence-electron chi connectivity index (χ4n) is 3.93. The van der Waals surface area contributed by atoms with E-state index in [1.165, 1.54) is 32.1 Å². The van der Waals surface area contributed by atoms with Crippen molar-refractivity contribution in [2.24, 2.45) is 0 Å². The summed E-state index contributed by atoms with van der Waals surface area (Å²) in [6, 6.07) is 26.2. The fraction of sp³-hybridized carbons (Fsp3) is 0.121.